The number of nitrogens with two attached hydrogens (primary N) is 1. The molecule has 0 radical (unpaired) electrons. The number of aliphatic hydroxyl groups excluding tert-OH is 1. The van der Waals surface area contributed by atoms with Crippen molar-refractivity contribution in [2.45, 2.75) is 32.2 Å². The van der Waals surface area contributed by atoms with E-state index in [4.69, 9.17) is 10.8 Å². The lowest BCUT2D eigenvalue weighted by atomic mass is 10.2. The number of rotatable bonds is 7. The van der Waals surface area contributed by atoms with Crippen LogP contribution in [0.2, 0.25) is 0 Å². The molecule has 0 aromatic rings. The van der Waals surface area contributed by atoms with E-state index in [0.29, 0.717) is 19.0 Å². The zero-order valence-corrected chi connectivity index (χ0v) is 7.55. The Balaban J connectivity index is 3.19. The SMILES string of the molecule is CC(CCCO)NCCC(N)=O. The summed E-state index contributed by atoms with van der Waals surface area (Å²) in [4.78, 5) is 10.3. The van der Waals surface area contributed by atoms with Crippen LogP contribution >= 0.6 is 0 Å². The molecule has 0 bridgehead atoms. The highest BCUT2D eigenvalue weighted by Gasteiger charge is 2.00. The van der Waals surface area contributed by atoms with Gasteiger partial charge in [-0.1, -0.05) is 0 Å². The molecule has 1 atom stereocenters. The second-order valence-corrected chi connectivity index (χ2v) is 2.94. The molecule has 12 heavy (non-hydrogen) atoms. The van der Waals surface area contributed by atoms with Gasteiger partial charge in [-0.15, -0.1) is 0 Å². The zero-order valence-electron chi connectivity index (χ0n) is 7.55. The van der Waals surface area contributed by atoms with Gasteiger partial charge in [-0.2, -0.15) is 0 Å². The Kier molecular flexibility index (Phi) is 6.70. The first-order valence-electron chi connectivity index (χ1n) is 4.29. The van der Waals surface area contributed by atoms with E-state index >= 15 is 0 Å². The smallest absolute Gasteiger partial charge is 0.218 e. The van der Waals surface area contributed by atoms with Gasteiger partial charge in [-0.25, -0.2) is 0 Å². The van der Waals surface area contributed by atoms with Gasteiger partial charge in [0.2, 0.25) is 5.91 Å². The fourth-order valence-corrected chi connectivity index (χ4v) is 0.941. The predicted molar refractivity (Wildman–Crippen MR) is 47.6 cm³/mol. The molecule has 4 N–H and O–H groups in total. The first kappa shape index (κ1) is 11.4. The molecule has 0 spiro atoms. The zero-order chi connectivity index (χ0) is 9.40. The lowest BCUT2D eigenvalue weighted by Crippen LogP contribution is -2.29. The molecule has 0 aliphatic heterocycles. The topological polar surface area (TPSA) is 75.3 Å². The number of amides is 1. The third-order valence-electron chi connectivity index (χ3n) is 1.66. The highest BCUT2D eigenvalue weighted by Crippen LogP contribution is 1.94. The molecule has 72 valence electrons. The van der Waals surface area contributed by atoms with Crippen molar-refractivity contribution < 1.29 is 9.90 Å². The summed E-state index contributed by atoms with van der Waals surface area (Å²) in [6.07, 6.45) is 2.10. The van der Waals surface area contributed by atoms with Crippen molar-refractivity contribution >= 4 is 5.91 Å². The van der Waals surface area contributed by atoms with Crippen molar-refractivity contribution in [2.75, 3.05) is 13.2 Å². The average Bonchev–Trinajstić information content (AvgIpc) is 2.00. The van der Waals surface area contributed by atoms with Gasteiger partial charge in [-0.05, 0) is 19.8 Å². The van der Waals surface area contributed by atoms with E-state index in [1.165, 1.54) is 0 Å². The summed E-state index contributed by atoms with van der Waals surface area (Å²) in [6.45, 7) is 2.88. The Morgan fingerprint density at radius 2 is 2.33 bits per heavy atom. The number of carbonyl (C=O) groups excluding carboxylic acids is 1. The summed E-state index contributed by atoms with van der Waals surface area (Å²) in [5, 5.41) is 11.7. The molecule has 0 aliphatic rings. The lowest BCUT2D eigenvalue weighted by Gasteiger charge is -2.11. The highest BCUT2D eigenvalue weighted by atomic mass is 16.2. The third-order valence-corrected chi connectivity index (χ3v) is 1.66. The summed E-state index contributed by atoms with van der Waals surface area (Å²) in [6, 6.07) is 0.344. The average molecular weight is 174 g/mol. The Morgan fingerprint density at radius 3 is 2.83 bits per heavy atom. The molecule has 0 rings (SSSR count). The number of primary amides is 1. The Bertz CT molecular complexity index is 128. The van der Waals surface area contributed by atoms with Crippen LogP contribution in [0.4, 0.5) is 0 Å². The summed E-state index contributed by atoms with van der Waals surface area (Å²) in [7, 11) is 0. The highest BCUT2D eigenvalue weighted by molar-refractivity contribution is 5.73. The van der Waals surface area contributed by atoms with Gasteiger partial charge in [0.05, 0.1) is 0 Å². The maximum Gasteiger partial charge on any atom is 0.218 e. The standard InChI is InChI=1S/C8H18N2O2/c1-7(3-2-6-11)10-5-4-8(9)12/h7,10-11H,2-6H2,1H3,(H2,9,12). The third kappa shape index (κ3) is 7.50. The lowest BCUT2D eigenvalue weighted by molar-refractivity contribution is -0.117. The Hall–Kier alpha value is -0.610. The molecule has 4 nitrogen and oxygen atoms in total. The second kappa shape index (κ2) is 7.06. The van der Waals surface area contributed by atoms with E-state index in [2.05, 4.69) is 5.32 Å². The summed E-state index contributed by atoms with van der Waals surface area (Å²) in [5.41, 5.74) is 4.96. The maximum absolute atomic E-state index is 10.3. The van der Waals surface area contributed by atoms with Crippen molar-refractivity contribution in [1.29, 1.82) is 0 Å². The van der Waals surface area contributed by atoms with Gasteiger partial charge in [-0.3, -0.25) is 4.79 Å². The minimum atomic E-state index is -0.281. The van der Waals surface area contributed by atoms with Crippen LogP contribution in [0, 0.1) is 0 Å². The largest absolute Gasteiger partial charge is 0.396 e. The van der Waals surface area contributed by atoms with E-state index in [1.54, 1.807) is 0 Å². The van der Waals surface area contributed by atoms with Crippen LogP contribution < -0.4 is 11.1 Å². The van der Waals surface area contributed by atoms with Crippen LogP contribution in [0.15, 0.2) is 0 Å². The molecule has 0 saturated carbocycles. The van der Waals surface area contributed by atoms with Gasteiger partial charge in [0.25, 0.3) is 0 Å². The molecule has 0 saturated heterocycles. The van der Waals surface area contributed by atoms with Gasteiger partial charge in [0, 0.05) is 25.6 Å². The van der Waals surface area contributed by atoms with E-state index in [1.807, 2.05) is 6.92 Å². The first-order chi connectivity index (χ1) is 5.66. The maximum atomic E-state index is 10.3. The number of hydrogen-bond donors (Lipinski definition) is 3. The van der Waals surface area contributed by atoms with Crippen molar-refractivity contribution in [3.05, 3.63) is 0 Å². The van der Waals surface area contributed by atoms with E-state index in [0.717, 1.165) is 12.8 Å². The van der Waals surface area contributed by atoms with E-state index in [-0.39, 0.29) is 12.5 Å². The molecular formula is C8H18N2O2. The number of nitrogens with one attached hydrogen (secondary N) is 1. The summed E-state index contributed by atoms with van der Waals surface area (Å²) >= 11 is 0. The normalized spacial score (nSPS) is 12.8. The van der Waals surface area contributed by atoms with Crippen LogP contribution in [-0.4, -0.2) is 30.2 Å². The van der Waals surface area contributed by atoms with Crippen LogP contribution in [0.1, 0.15) is 26.2 Å². The number of carbonyl (C=O) groups is 1. The van der Waals surface area contributed by atoms with E-state index in [9.17, 15) is 4.79 Å². The number of aliphatic hydroxyl groups is 1. The molecule has 4 heteroatoms. The fourth-order valence-electron chi connectivity index (χ4n) is 0.941. The molecule has 0 aromatic carbocycles. The quantitative estimate of drug-likeness (QED) is 0.492. The summed E-state index contributed by atoms with van der Waals surface area (Å²) < 4.78 is 0. The molecule has 1 unspecified atom stereocenters. The monoisotopic (exact) mass is 174 g/mol. The Labute approximate surface area is 73.1 Å². The van der Waals surface area contributed by atoms with Crippen LogP contribution in [0.3, 0.4) is 0 Å². The molecule has 0 aliphatic carbocycles. The van der Waals surface area contributed by atoms with Crippen molar-refractivity contribution in [3.63, 3.8) is 0 Å². The molecule has 1 amide bonds. The summed E-state index contributed by atoms with van der Waals surface area (Å²) in [5.74, 6) is -0.281. The molecule has 0 heterocycles. The first-order valence-corrected chi connectivity index (χ1v) is 4.29. The van der Waals surface area contributed by atoms with Crippen LogP contribution in [-0.2, 0) is 4.79 Å². The minimum Gasteiger partial charge on any atom is -0.396 e. The van der Waals surface area contributed by atoms with Crippen LogP contribution in [0.5, 0.6) is 0 Å². The molecule has 0 aromatic heterocycles. The Morgan fingerprint density at radius 1 is 1.67 bits per heavy atom. The van der Waals surface area contributed by atoms with E-state index < -0.39 is 0 Å². The van der Waals surface area contributed by atoms with Gasteiger partial charge in [0.15, 0.2) is 0 Å². The van der Waals surface area contributed by atoms with Gasteiger partial charge >= 0.3 is 0 Å². The van der Waals surface area contributed by atoms with Crippen molar-refractivity contribution in [3.8, 4) is 0 Å². The van der Waals surface area contributed by atoms with Crippen LogP contribution in [0.25, 0.3) is 0 Å². The van der Waals surface area contributed by atoms with Crippen molar-refractivity contribution in [2.24, 2.45) is 5.73 Å². The fraction of sp³-hybridized carbons (Fsp3) is 0.875. The minimum absolute atomic E-state index is 0.224. The predicted octanol–water partition coefficient (Wildman–Crippen LogP) is -0.388. The second-order valence-electron chi connectivity index (χ2n) is 2.94. The van der Waals surface area contributed by atoms with Gasteiger partial charge in [0.1, 0.15) is 0 Å². The number of hydrogen-bond acceptors (Lipinski definition) is 3. The molecule has 0 fully saturated rings. The van der Waals surface area contributed by atoms with Gasteiger partial charge < -0.3 is 16.2 Å². The van der Waals surface area contributed by atoms with Crippen molar-refractivity contribution in [1.82, 2.24) is 5.32 Å². The molecular weight excluding hydrogens is 156 g/mol.